The third kappa shape index (κ3) is 4.23. The van der Waals surface area contributed by atoms with Crippen molar-refractivity contribution in [2.75, 3.05) is 5.32 Å². The number of rotatable bonds is 5. The average Bonchev–Trinajstić information content (AvgIpc) is 3.10. The van der Waals surface area contributed by atoms with E-state index in [-0.39, 0.29) is 17.0 Å². The van der Waals surface area contributed by atoms with Gasteiger partial charge in [0.05, 0.1) is 0 Å². The highest BCUT2D eigenvalue weighted by Crippen LogP contribution is 2.35. The van der Waals surface area contributed by atoms with E-state index in [9.17, 15) is 13.2 Å². The summed E-state index contributed by atoms with van der Waals surface area (Å²) in [5.41, 5.74) is 0. The van der Waals surface area contributed by atoms with Gasteiger partial charge in [-0.15, -0.1) is 0 Å². The van der Waals surface area contributed by atoms with Gasteiger partial charge in [0.15, 0.2) is 0 Å². The van der Waals surface area contributed by atoms with Crippen LogP contribution in [0.4, 0.5) is 19.0 Å². The molecule has 1 aliphatic rings. The van der Waals surface area contributed by atoms with Gasteiger partial charge in [-0.3, -0.25) is 0 Å². The summed E-state index contributed by atoms with van der Waals surface area (Å²) in [5, 5.41) is 2.82. The molecular weight excluding hydrogens is 279 g/mol. The third-order valence-corrected chi connectivity index (χ3v) is 3.30. The highest BCUT2D eigenvalue weighted by atomic mass is 35.5. The Morgan fingerprint density at radius 1 is 1.42 bits per heavy atom. The molecule has 1 fully saturated rings. The van der Waals surface area contributed by atoms with Crippen LogP contribution in [0, 0.1) is 5.92 Å². The van der Waals surface area contributed by atoms with Crippen LogP contribution in [-0.2, 0) is 6.18 Å². The molecule has 0 amide bonds. The zero-order valence-electron chi connectivity index (χ0n) is 10.5. The van der Waals surface area contributed by atoms with Crippen LogP contribution in [0.1, 0.15) is 38.4 Å². The summed E-state index contributed by atoms with van der Waals surface area (Å²) in [5.74, 6) is -0.375. The van der Waals surface area contributed by atoms with Crippen molar-refractivity contribution in [3.05, 3.63) is 17.0 Å². The summed E-state index contributed by atoms with van der Waals surface area (Å²) >= 11 is 5.61. The molecule has 1 saturated carbocycles. The van der Waals surface area contributed by atoms with E-state index in [0.29, 0.717) is 5.92 Å². The molecule has 2 rings (SSSR count). The lowest BCUT2D eigenvalue weighted by atomic mass is 10.1. The number of halogens is 4. The fraction of sp³-hybridized carbons (Fsp3) is 0.667. The molecule has 7 heteroatoms. The van der Waals surface area contributed by atoms with Gasteiger partial charge in [0.2, 0.25) is 5.82 Å². The van der Waals surface area contributed by atoms with Gasteiger partial charge in [0.25, 0.3) is 0 Å². The second kappa shape index (κ2) is 5.53. The minimum atomic E-state index is -4.58. The third-order valence-electron chi connectivity index (χ3n) is 3.11. The predicted octanol–water partition coefficient (Wildman–Crippen LogP) is 4.14. The molecule has 1 N–H and O–H groups in total. The Labute approximate surface area is 114 Å². The number of aromatic nitrogens is 2. The first kappa shape index (κ1) is 14.4. The van der Waals surface area contributed by atoms with Crippen LogP contribution in [0.25, 0.3) is 0 Å². The SMILES string of the molecule is CCC(CC1CC1)Nc1cc(Cl)nc(C(F)(F)F)n1. The molecule has 0 radical (unpaired) electrons. The summed E-state index contributed by atoms with van der Waals surface area (Å²) in [6.07, 6.45) is -0.383. The normalized spacial score (nSPS) is 17.3. The van der Waals surface area contributed by atoms with Crippen molar-refractivity contribution in [3.63, 3.8) is 0 Å². The standard InChI is InChI=1S/C12H15ClF3N3/c1-2-8(5-7-3-4-7)17-10-6-9(13)18-11(19-10)12(14,15)16/h6-8H,2-5H2,1H3,(H,17,18,19). The number of hydrogen-bond acceptors (Lipinski definition) is 3. The van der Waals surface area contributed by atoms with Gasteiger partial charge in [-0.05, 0) is 18.8 Å². The van der Waals surface area contributed by atoms with Crippen LogP contribution in [0.15, 0.2) is 6.07 Å². The lowest BCUT2D eigenvalue weighted by Gasteiger charge is -2.18. The summed E-state index contributed by atoms with van der Waals surface area (Å²) in [7, 11) is 0. The number of anilines is 1. The Morgan fingerprint density at radius 2 is 2.11 bits per heavy atom. The van der Waals surface area contributed by atoms with E-state index in [1.54, 1.807) is 0 Å². The highest BCUT2D eigenvalue weighted by Gasteiger charge is 2.35. The molecule has 1 unspecified atom stereocenters. The van der Waals surface area contributed by atoms with Crippen LogP contribution in [0.3, 0.4) is 0 Å². The van der Waals surface area contributed by atoms with Crippen LogP contribution in [0.5, 0.6) is 0 Å². The molecule has 0 aromatic carbocycles. The molecular formula is C12H15ClF3N3. The van der Waals surface area contributed by atoms with Crippen molar-refractivity contribution >= 4 is 17.4 Å². The van der Waals surface area contributed by atoms with Crippen molar-refractivity contribution in [2.45, 2.75) is 44.8 Å². The fourth-order valence-corrected chi connectivity index (χ4v) is 2.09. The lowest BCUT2D eigenvalue weighted by molar-refractivity contribution is -0.144. The van der Waals surface area contributed by atoms with E-state index in [2.05, 4.69) is 15.3 Å². The van der Waals surface area contributed by atoms with E-state index < -0.39 is 12.0 Å². The average molecular weight is 294 g/mol. The quantitative estimate of drug-likeness (QED) is 0.829. The first-order chi connectivity index (χ1) is 8.88. The molecule has 1 aromatic heterocycles. The molecule has 1 aromatic rings. The minimum absolute atomic E-state index is 0.125. The fourth-order valence-electron chi connectivity index (χ4n) is 1.91. The molecule has 1 atom stereocenters. The van der Waals surface area contributed by atoms with E-state index in [0.717, 1.165) is 12.8 Å². The molecule has 0 bridgehead atoms. The number of nitrogens with one attached hydrogen (secondary N) is 1. The number of alkyl halides is 3. The highest BCUT2D eigenvalue weighted by molar-refractivity contribution is 6.29. The van der Waals surface area contributed by atoms with E-state index in [1.165, 1.54) is 18.9 Å². The summed E-state index contributed by atoms with van der Waals surface area (Å²) in [4.78, 5) is 6.69. The van der Waals surface area contributed by atoms with E-state index in [4.69, 9.17) is 11.6 Å². The van der Waals surface area contributed by atoms with Crippen LogP contribution in [0.2, 0.25) is 5.15 Å². The number of hydrogen-bond donors (Lipinski definition) is 1. The van der Waals surface area contributed by atoms with Crippen molar-refractivity contribution in [1.29, 1.82) is 0 Å². The minimum Gasteiger partial charge on any atom is -0.367 e. The number of nitrogens with zero attached hydrogens (tertiary/aromatic N) is 2. The van der Waals surface area contributed by atoms with Gasteiger partial charge in [-0.2, -0.15) is 13.2 Å². The van der Waals surface area contributed by atoms with Crippen molar-refractivity contribution in [1.82, 2.24) is 9.97 Å². The van der Waals surface area contributed by atoms with Crippen LogP contribution < -0.4 is 5.32 Å². The van der Waals surface area contributed by atoms with Crippen molar-refractivity contribution in [2.24, 2.45) is 5.92 Å². The van der Waals surface area contributed by atoms with Crippen molar-refractivity contribution < 1.29 is 13.2 Å². The first-order valence-electron chi connectivity index (χ1n) is 6.26. The van der Waals surface area contributed by atoms with Gasteiger partial charge in [0, 0.05) is 12.1 Å². The molecule has 1 aliphatic carbocycles. The largest absolute Gasteiger partial charge is 0.451 e. The lowest BCUT2D eigenvalue weighted by Crippen LogP contribution is -2.21. The Balaban J connectivity index is 2.11. The molecule has 3 nitrogen and oxygen atoms in total. The van der Waals surface area contributed by atoms with Crippen LogP contribution >= 0.6 is 11.6 Å². The molecule has 0 aliphatic heterocycles. The van der Waals surface area contributed by atoms with Crippen LogP contribution in [-0.4, -0.2) is 16.0 Å². The van der Waals surface area contributed by atoms with Gasteiger partial charge >= 0.3 is 6.18 Å². The van der Waals surface area contributed by atoms with E-state index >= 15 is 0 Å². The van der Waals surface area contributed by atoms with Gasteiger partial charge < -0.3 is 5.32 Å². The first-order valence-corrected chi connectivity index (χ1v) is 6.64. The molecule has 19 heavy (non-hydrogen) atoms. The second-order valence-corrected chi connectivity index (χ2v) is 5.21. The Bertz CT molecular complexity index is 446. The molecule has 1 heterocycles. The monoisotopic (exact) mass is 293 g/mol. The van der Waals surface area contributed by atoms with Crippen molar-refractivity contribution in [3.8, 4) is 0 Å². The van der Waals surface area contributed by atoms with E-state index in [1.807, 2.05) is 6.92 Å². The maximum Gasteiger partial charge on any atom is 0.451 e. The Morgan fingerprint density at radius 3 is 2.63 bits per heavy atom. The predicted molar refractivity (Wildman–Crippen MR) is 67.1 cm³/mol. The Kier molecular flexibility index (Phi) is 4.18. The Hall–Kier alpha value is -1.04. The maximum absolute atomic E-state index is 12.6. The zero-order valence-corrected chi connectivity index (χ0v) is 11.2. The molecule has 0 saturated heterocycles. The summed E-state index contributed by atoms with van der Waals surface area (Å²) in [6.45, 7) is 1.99. The smallest absolute Gasteiger partial charge is 0.367 e. The van der Waals surface area contributed by atoms with Gasteiger partial charge in [-0.25, -0.2) is 9.97 Å². The second-order valence-electron chi connectivity index (χ2n) is 4.83. The summed E-state index contributed by atoms with van der Waals surface area (Å²) < 4.78 is 37.7. The zero-order chi connectivity index (χ0) is 14.0. The maximum atomic E-state index is 12.6. The topological polar surface area (TPSA) is 37.8 Å². The molecule has 106 valence electrons. The molecule has 0 spiro atoms. The van der Waals surface area contributed by atoms with Gasteiger partial charge in [-0.1, -0.05) is 31.4 Å². The summed E-state index contributed by atoms with van der Waals surface area (Å²) in [6, 6.07) is 1.45. The van der Waals surface area contributed by atoms with Gasteiger partial charge in [0.1, 0.15) is 11.0 Å².